The van der Waals surface area contributed by atoms with Gasteiger partial charge in [0.15, 0.2) is 0 Å². The van der Waals surface area contributed by atoms with Crippen LogP contribution in [0.25, 0.3) is 0 Å². The molecule has 0 aromatic carbocycles. The SMILES string of the molecule is CCOC(=O)C1CCC(O)(CN2CC(C)OC(C)C2)CC1. The van der Waals surface area contributed by atoms with E-state index in [1.54, 1.807) is 0 Å². The predicted molar refractivity (Wildman–Crippen MR) is 80.0 cm³/mol. The molecule has 5 heteroatoms. The minimum atomic E-state index is -0.667. The van der Waals surface area contributed by atoms with E-state index in [1.165, 1.54) is 0 Å². The molecule has 122 valence electrons. The van der Waals surface area contributed by atoms with Crippen LogP contribution in [0.5, 0.6) is 0 Å². The highest BCUT2D eigenvalue weighted by Crippen LogP contribution is 2.34. The Morgan fingerprint density at radius 3 is 2.38 bits per heavy atom. The summed E-state index contributed by atoms with van der Waals surface area (Å²) in [5, 5.41) is 10.8. The number of β-amino-alcohol motifs (C(OH)–C–C–N with tert-alkyl or cyclic N) is 1. The lowest BCUT2D eigenvalue weighted by Gasteiger charge is -2.42. The lowest BCUT2D eigenvalue weighted by molar-refractivity contribution is -0.152. The number of hydrogen-bond donors (Lipinski definition) is 1. The van der Waals surface area contributed by atoms with Crippen LogP contribution in [0, 0.1) is 5.92 Å². The van der Waals surface area contributed by atoms with Crippen molar-refractivity contribution in [2.24, 2.45) is 5.92 Å². The molecule has 1 saturated heterocycles. The normalized spacial score (nSPS) is 38.2. The maximum atomic E-state index is 11.8. The molecule has 2 atom stereocenters. The molecular formula is C16H29NO4. The Labute approximate surface area is 127 Å². The molecule has 0 aromatic heterocycles. The summed E-state index contributed by atoms with van der Waals surface area (Å²) in [7, 11) is 0. The molecule has 5 nitrogen and oxygen atoms in total. The Balaban J connectivity index is 1.83. The van der Waals surface area contributed by atoms with Gasteiger partial charge >= 0.3 is 5.97 Å². The third-order valence-corrected chi connectivity index (χ3v) is 4.55. The first-order chi connectivity index (χ1) is 9.92. The van der Waals surface area contributed by atoms with Gasteiger partial charge in [0.25, 0.3) is 0 Å². The second-order valence-electron chi connectivity index (χ2n) is 6.70. The second kappa shape index (κ2) is 7.07. The number of ether oxygens (including phenoxy) is 2. The van der Waals surface area contributed by atoms with Gasteiger partial charge < -0.3 is 14.6 Å². The number of esters is 1. The van der Waals surface area contributed by atoms with Crippen molar-refractivity contribution in [1.82, 2.24) is 4.90 Å². The van der Waals surface area contributed by atoms with Gasteiger partial charge in [-0.1, -0.05) is 0 Å². The molecule has 21 heavy (non-hydrogen) atoms. The van der Waals surface area contributed by atoms with Gasteiger partial charge in [-0.3, -0.25) is 9.69 Å². The van der Waals surface area contributed by atoms with Gasteiger partial charge in [-0.25, -0.2) is 0 Å². The van der Waals surface area contributed by atoms with Crippen molar-refractivity contribution in [3.8, 4) is 0 Å². The Kier molecular flexibility index (Phi) is 5.63. The summed E-state index contributed by atoms with van der Waals surface area (Å²) in [4.78, 5) is 14.0. The van der Waals surface area contributed by atoms with Crippen LogP contribution in [0.15, 0.2) is 0 Å². The zero-order valence-electron chi connectivity index (χ0n) is 13.5. The molecular weight excluding hydrogens is 270 g/mol. The van der Waals surface area contributed by atoms with Crippen LogP contribution < -0.4 is 0 Å². The fourth-order valence-corrected chi connectivity index (χ4v) is 3.64. The van der Waals surface area contributed by atoms with Crippen molar-refractivity contribution in [1.29, 1.82) is 0 Å². The summed E-state index contributed by atoms with van der Waals surface area (Å²) in [6, 6.07) is 0. The zero-order chi connectivity index (χ0) is 15.5. The van der Waals surface area contributed by atoms with Gasteiger partial charge in [0, 0.05) is 19.6 Å². The molecule has 0 bridgehead atoms. The van der Waals surface area contributed by atoms with Gasteiger partial charge in [0.1, 0.15) is 0 Å². The van der Waals surface area contributed by atoms with Crippen molar-refractivity contribution in [3.63, 3.8) is 0 Å². The molecule has 0 amide bonds. The van der Waals surface area contributed by atoms with Crippen molar-refractivity contribution in [2.45, 2.75) is 64.3 Å². The van der Waals surface area contributed by atoms with E-state index in [0.29, 0.717) is 26.0 Å². The highest BCUT2D eigenvalue weighted by atomic mass is 16.5. The first-order valence-corrected chi connectivity index (χ1v) is 8.18. The van der Waals surface area contributed by atoms with E-state index in [4.69, 9.17) is 9.47 Å². The van der Waals surface area contributed by atoms with E-state index >= 15 is 0 Å². The topological polar surface area (TPSA) is 59.0 Å². The molecule has 1 saturated carbocycles. The number of morpholine rings is 1. The van der Waals surface area contributed by atoms with E-state index in [9.17, 15) is 9.90 Å². The lowest BCUT2D eigenvalue weighted by atomic mass is 9.78. The number of rotatable bonds is 4. The molecule has 2 unspecified atom stereocenters. The number of nitrogens with zero attached hydrogens (tertiary/aromatic N) is 1. The molecule has 1 aliphatic carbocycles. The van der Waals surface area contributed by atoms with Crippen molar-refractivity contribution >= 4 is 5.97 Å². The number of carbonyl (C=O) groups excluding carboxylic acids is 1. The molecule has 1 aliphatic heterocycles. The van der Waals surface area contributed by atoms with Gasteiger partial charge in [0.2, 0.25) is 0 Å². The van der Waals surface area contributed by atoms with E-state index in [-0.39, 0.29) is 24.1 Å². The smallest absolute Gasteiger partial charge is 0.308 e. The van der Waals surface area contributed by atoms with Crippen molar-refractivity contribution in [2.75, 3.05) is 26.2 Å². The van der Waals surface area contributed by atoms with Crippen LogP contribution in [-0.4, -0.2) is 60.0 Å². The van der Waals surface area contributed by atoms with E-state index in [2.05, 4.69) is 18.7 Å². The molecule has 2 fully saturated rings. The first kappa shape index (κ1) is 16.7. The second-order valence-corrected chi connectivity index (χ2v) is 6.70. The van der Waals surface area contributed by atoms with E-state index in [1.807, 2.05) is 6.92 Å². The Bertz CT molecular complexity index is 342. The molecule has 0 spiro atoms. The number of aliphatic hydroxyl groups is 1. The largest absolute Gasteiger partial charge is 0.466 e. The number of hydrogen-bond acceptors (Lipinski definition) is 5. The van der Waals surface area contributed by atoms with Crippen LogP contribution in [-0.2, 0) is 14.3 Å². The Hall–Kier alpha value is -0.650. The van der Waals surface area contributed by atoms with E-state index in [0.717, 1.165) is 25.9 Å². The Morgan fingerprint density at radius 2 is 1.86 bits per heavy atom. The van der Waals surface area contributed by atoms with Crippen LogP contribution in [0.4, 0.5) is 0 Å². The van der Waals surface area contributed by atoms with Gasteiger partial charge in [-0.15, -0.1) is 0 Å². The van der Waals surface area contributed by atoms with Crippen molar-refractivity contribution in [3.05, 3.63) is 0 Å². The molecule has 1 heterocycles. The predicted octanol–water partition coefficient (Wildman–Crippen LogP) is 1.58. The van der Waals surface area contributed by atoms with E-state index < -0.39 is 5.60 Å². The average Bonchev–Trinajstić information content (AvgIpc) is 2.38. The summed E-state index contributed by atoms with van der Waals surface area (Å²) in [5.74, 6) is -0.138. The third kappa shape index (κ3) is 4.66. The standard InChI is InChI=1S/C16H29NO4/c1-4-20-15(18)14-5-7-16(19,8-6-14)11-17-9-12(2)21-13(3)10-17/h12-14,19H,4-11H2,1-3H3. The summed E-state index contributed by atoms with van der Waals surface area (Å²) < 4.78 is 10.8. The lowest BCUT2D eigenvalue weighted by Crippen LogP contribution is -2.53. The minimum absolute atomic E-state index is 0.0345. The maximum Gasteiger partial charge on any atom is 0.308 e. The monoisotopic (exact) mass is 299 g/mol. The Morgan fingerprint density at radius 1 is 1.29 bits per heavy atom. The summed E-state index contributed by atoms with van der Waals surface area (Å²) >= 11 is 0. The van der Waals surface area contributed by atoms with Crippen LogP contribution in [0.3, 0.4) is 0 Å². The summed E-state index contributed by atoms with van der Waals surface area (Å²) in [6.45, 7) is 8.83. The van der Waals surface area contributed by atoms with Crippen molar-refractivity contribution < 1.29 is 19.4 Å². The van der Waals surface area contributed by atoms with Gasteiger partial charge in [-0.05, 0) is 46.5 Å². The number of carbonyl (C=O) groups is 1. The van der Waals surface area contributed by atoms with Crippen LogP contribution in [0.2, 0.25) is 0 Å². The zero-order valence-corrected chi connectivity index (χ0v) is 13.5. The maximum absolute atomic E-state index is 11.8. The van der Waals surface area contributed by atoms with Gasteiger partial charge in [0.05, 0.1) is 30.3 Å². The average molecular weight is 299 g/mol. The quantitative estimate of drug-likeness (QED) is 0.799. The third-order valence-electron chi connectivity index (χ3n) is 4.55. The molecule has 2 rings (SSSR count). The summed E-state index contributed by atoms with van der Waals surface area (Å²) in [5.41, 5.74) is -0.667. The molecule has 0 radical (unpaired) electrons. The fraction of sp³-hybridized carbons (Fsp3) is 0.938. The highest BCUT2D eigenvalue weighted by molar-refractivity contribution is 5.72. The molecule has 0 aromatic rings. The summed E-state index contributed by atoms with van der Waals surface area (Å²) in [6.07, 6.45) is 3.24. The fourth-order valence-electron chi connectivity index (χ4n) is 3.64. The molecule has 2 aliphatic rings. The molecule has 1 N–H and O–H groups in total. The van der Waals surface area contributed by atoms with Crippen LogP contribution >= 0.6 is 0 Å². The first-order valence-electron chi connectivity index (χ1n) is 8.18. The minimum Gasteiger partial charge on any atom is -0.466 e. The highest BCUT2D eigenvalue weighted by Gasteiger charge is 2.38. The van der Waals surface area contributed by atoms with Crippen LogP contribution in [0.1, 0.15) is 46.5 Å². The van der Waals surface area contributed by atoms with Gasteiger partial charge in [-0.2, -0.15) is 0 Å².